The Hall–Kier alpha value is -0.930. The second kappa shape index (κ2) is 3.85. The summed E-state index contributed by atoms with van der Waals surface area (Å²) in [6.45, 7) is 0. The summed E-state index contributed by atoms with van der Waals surface area (Å²) in [4.78, 5) is 10.4. The number of benzene rings is 1. The minimum Gasteiger partial charge on any atom is -0.508 e. The molecule has 0 spiro atoms. The molecule has 0 atom stereocenters. The van der Waals surface area contributed by atoms with E-state index in [1.165, 1.54) is 12.1 Å². The van der Waals surface area contributed by atoms with Gasteiger partial charge in [0.25, 0.3) is 0 Å². The van der Waals surface area contributed by atoms with Crippen molar-refractivity contribution in [2.75, 3.05) is 0 Å². The Labute approximate surface area is 84.5 Å². The molecule has 0 saturated carbocycles. The van der Waals surface area contributed by atoms with Crippen LogP contribution < -0.4 is 0 Å². The largest absolute Gasteiger partial charge is 0.508 e. The van der Waals surface area contributed by atoms with Crippen molar-refractivity contribution in [2.24, 2.45) is 0 Å². The van der Waals surface area contributed by atoms with Gasteiger partial charge in [-0.05, 0) is 12.1 Å². The van der Waals surface area contributed by atoms with Crippen LogP contribution in [-0.4, -0.2) is 16.2 Å². The van der Waals surface area contributed by atoms with Gasteiger partial charge in [0.05, 0.1) is 6.42 Å². The highest BCUT2D eigenvalue weighted by Gasteiger charge is 2.11. The van der Waals surface area contributed by atoms with Crippen LogP contribution in [0.3, 0.4) is 0 Å². The van der Waals surface area contributed by atoms with Crippen molar-refractivity contribution in [2.45, 2.75) is 6.42 Å². The van der Waals surface area contributed by atoms with E-state index in [-0.39, 0.29) is 27.8 Å². The summed E-state index contributed by atoms with van der Waals surface area (Å²) in [6, 6.07) is 2.65. The molecular formula is C8H6Cl2O3. The lowest BCUT2D eigenvalue weighted by Crippen LogP contribution is -2.00. The first kappa shape index (κ1) is 10.2. The van der Waals surface area contributed by atoms with Gasteiger partial charge in [-0.1, -0.05) is 23.2 Å². The van der Waals surface area contributed by atoms with Gasteiger partial charge in [-0.3, -0.25) is 4.79 Å². The SMILES string of the molecule is O=C(O)Cc1c(O)cc(Cl)cc1Cl. The fourth-order valence-electron chi connectivity index (χ4n) is 0.916. The van der Waals surface area contributed by atoms with E-state index in [0.717, 1.165) is 0 Å². The van der Waals surface area contributed by atoms with Crippen LogP contribution >= 0.6 is 23.2 Å². The summed E-state index contributed by atoms with van der Waals surface area (Å²) in [7, 11) is 0. The average Bonchev–Trinajstić information content (AvgIpc) is 1.96. The molecule has 1 aromatic carbocycles. The predicted octanol–water partition coefficient (Wildman–Crippen LogP) is 2.33. The highest BCUT2D eigenvalue weighted by Crippen LogP contribution is 2.30. The lowest BCUT2D eigenvalue weighted by atomic mass is 10.1. The number of rotatable bonds is 2. The summed E-state index contributed by atoms with van der Waals surface area (Å²) < 4.78 is 0. The summed E-state index contributed by atoms with van der Waals surface area (Å²) >= 11 is 11.2. The van der Waals surface area contributed by atoms with Crippen molar-refractivity contribution in [3.05, 3.63) is 27.7 Å². The third kappa shape index (κ3) is 2.50. The second-order valence-electron chi connectivity index (χ2n) is 2.46. The standard InChI is InChI=1S/C8H6Cl2O3/c9-4-1-6(10)5(3-8(12)13)7(11)2-4/h1-2,11H,3H2,(H,12,13). The highest BCUT2D eigenvalue weighted by molar-refractivity contribution is 6.35. The maximum Gasteiger partial charge on any atom is 0.308 e. The first-order valence-electron chi connectivity index (χ1n) is 3.39. The van der Waals surface area contributed by atoms with E-state index >= 15 is 0 Å². The third-order valence-corrected chi connectivity index (χ3v) is 2.02. The molecule has 0 heterocycles. The Morgan fingerprint density at radius 2 is 2.00 bits per heavy atom. The number of hydrogen-bond acceptors (Lipinski definition) is 2. The molecule has 0 aliphatic heterocycles. The van der Waals surface area contributed by atoms with Crippen LogP contribution in [-0.2, 0) is 11.2 Å². The van der Waals surface area contributed by atoms with E-state index in [1.54, 1.807) is 0 Å². The van der Waals surface area contributed by atoms with Gasteiger partial charge in [-0.2, -0.15) is 0 Å². The van der Waals surface area contributed by atoms with Crippen LogP contribution in [0.4, 0.5) is 0 Å². The van der Waals surface area contributed by atoms with Crippen LogP contribution in [0.25, 0.3) is 0 Å². The van der Waals surface area contributed by atoms with E-state index in [0.29, 0.717) is 0 Å². The first-order valence-corrected chi connectivity index (χ1v) is 4.15. The van der Waals surface area contributed by atoms with Gasteiger partial charge in [0.1, 0.15) is 5.75 Å². The number of carboxylic acid groups (broad SMARTS) is 1. The molecule has 0 saturated heterocycles. The fraction of sp³-hybridized carbons (Fsp3) is 0.125. The van der Waals surface area contributed by atoms with Crippen LogP contribution in [0.5, 0.6) is 5.75 Å². The van der Waals surface area contributed by atoms with E-state index in [1.807, 2.05) is 0 Å². The van der Waals surface area contributed by atoms with E-state index in [4.69, 9.17) is 28.3 Å². The summed E-state index contributed by atoms with van der Waals surface area (Å²) in [5.41, 5.74) is 0.179. The topological polar surface area (TPSA) is 57.5 Å². The van der Waals surface area contributed by atoms with Crippen molar-refractivity contribution < 1.29 is 15.0 Å². The molecule has 0 radical (unpaired) electrons. The number of phenolic OH excluding ortho intramolecular Hbond substituents is 1. The molecule has 13 heavy (non-hydrogen) atoms. The molecule has 0 unspecified atom stereocenters. The molecule has 70 valence electrons. The number of phenols is 1. The molecule has 0 aliphatic rings. The van der Waals surface area contributed by atoms with Gasteiger partial charge in [-0.15, -0.1) is 0 Å². The number of hydrogen-bond donors (Lipinski definition) is 2. The Bertz CT molecular complexity index is 326. The van der Waals surface area contributed by atoms with Crippen molar-refractivity contribution in [3.63, 3.8) is 0 Å². The molecule has 0 aromatic heterocycles. The van der Waals surface area contributed by atoms with E-state index in [2.05, 4.69) is 0 Å². The lowest BCUT2D eigenvalue weighted by Gasteiger charge is -2.04. The third-order valence-electron chi connectivity index (χ3n) is 1.46. The minimum atomic E-state index is -1.06. The molecule has 0 fully saturated rings. The molecule has 2 N–H and O–H groups in total. The molecule has 1 aromatic rings. The number of carbonyl (C=O) groups is 1. The molecule has 3 nitrogen and oxygen atoms in total. The van der Waals surface area contributed by atoms with Gasteiger partial charge in [0.15, 0.2) is 0 Å². The zero-order chi connectivity index (χ0) is 10.0. The van der Waals surface area contributed by atoms with Crippen molar-refractivity contribution in [1.82, 2.24) is 0 Å². The minimum absolute atomic E-state index is 0.160. The van der Waals surface area contributed by atoms with Gasteiger partial charge < -0.3 is 10.2 Å². The summed E-state index contributed by atoms with van der Waals surface area (Å²) in [5, 5.41) is 18.2. The molecule has 1 rings (SSSR count). The van der Waals surface area contributed by atoms with Crippen LogP contribution in [0.1, 0.15) is 5.56 Å². The van der Waals surface area contributed by atoms with Crippen molar-refractivity contribution in [3.8, 4) is 5.75 Å². The quantitative estimate of drug-likeness (QED) is 0.805. The van der Waals surface area contributed by atoms with Gasteiger partial charge in [0, 0.05) is 15.6 Å². The Balaban J connectivity index is 3.13. The summed E-state index contributed by atoms with van der Waals surface area (Å²) in [5.74, 6) is -1.25. The Morgan fingerprint density at radius 3 is 2.46 bits per heavy atom. The maximum absolute atomic E-state index is 10.4. The second-order valence-corrected chi connectivity index (χ2v) is 3.30. The van der Waals surface area contributed by atoms with Crippen LogP contribution in [0.15, 0.2) is 12.1 Å². The van der Waals surface area contributed by atoms with E-state index < -0.39 is 5.97 Å². The molecule has 0 bridgehead atoms. The molecule has 0 amide bonds. The normalized spacial score (nSPS) is 10.0. The Morgan fingerprint density at radius 1 is 1.38 bits per heavy atom. The smallest absolute Gasteiger partial charge is 0.308 e. The van der Waals surface area contributed by atoms with Crippen LogP contribution in [0.2, 0.25) is 10.0 Å². The van der Waals surface area contributed by atoms with E-state index in [9.17, 15) is 9.90 Å². The number of aromatic hydroxyl groups is 1. The van der Waals surface area contributed by atoms with Crippen molar-refractivity contribution in [1.29, 1.82) is 0 Å². The van der Waals surface area contributed by atoms with Gasteiger partial charge >= 0.3 is 5.97 Å². The van der Waals surface area contributed by atoms with Crippen molar-refractivity contribution >= 4 is 29.2 Å². The number of aliphatic carboxylic acids is 1. The fourth-order valence-corrected chi connectivity index (χ4v) is 1.47. The Kier molecular flexibility index (Phi) is 3.01. The molecule has 5 heteroatoms. The average molecular weight is 221 g/mol. The zero-order valence-electron chi connectivity index (χ0n) is 6.42. The van der Waals surface area contributed by atoms with Gasteiger partial charge in [0.2, 0.25) is 0 Å². The lowest BCUT2D eigenvalue weighted by molar-refractivity contribution is -0.136. The number of halogens is 2. The highest BCUT2D eigenvalue weighted by atomic mass is 35.5. The first-order chi connectivity index (χ1) is 6.00. The molecular weight excluding hydrogens is 215 g/mol. The predicted molar refractivity (Wildman–Crippen MR) is 49.5 cm³/mol. The maximum atomic E-state index is 10.4. The monoisotopic (exact) mass is 220 g/mol. The van der Waals surface area contributed by atoms with Crippen LogP contribution in [0, 0.1) is 0 Å². The summed E-state index contributed by atoms with van der Waals surface area (Å²) in [6.07, 6.45) is -0.318. The number of carboxylic acids is 1. The zero-order valence-corrected chi connectivity index (χ0v) is 7.93. The van der Waals surface area contributed by atoms with Gasteiger partial charge in [-0.25, -0.2) is 0 Å². The molecule has 0 aliphatic carbocycles.